The lowest BCUT2D eigenvalue weighted by Gasteiger charge is -2.32. The van der Waals surface area contributed by atoms with Crippen LogP contribution in [0.15, 0.2) is 18.3 Å². The minimum Gasteiger partial charge on any atom is -0.476 e. The summed E-state index contributed by atoms with van der Waals surface area (Å²) in [4.78, 5) is 4.13. The van der Waals surface area contributed by atoms with Gasteiger partial charge in [0.1, 0.15) is 6.61 Å². The average molecular weight is 301 g/mol. The molecule has 1 aliphatic rings. The van der Waals surface area contributed by atoms with E-state index in [0.717, 1.165) is 5.46 Å². The number of aromatic nitrogens is 1. The summed E-state index contributed by atoms with van der Waals surface area (Å²) in [7, 11) is -0.395. The van der Waals surface area contributed by atoms with E-state index in [2.05, 4.69) is 4.98 Å². The third-order valence-electron chi connectivity index (χ3n) is 3.65. The maximum Gasteiger partial charge on any atom is 0.495 e. The summed E-state index contributed by atoms with van der Waals surface area (Å²) in [6.45, 7) is 9.02. The Morgan fingerprint density at radius 2 is 1.85 bits per heavy atom. The molecule has 20 heavy (non-hydrogen) atoms. The normalized spacial score (nSPS) is 19.6. The molecular weight excluding hydrogens is 278 g/mol. The maximum absolute atomic E-state index is 5.98. The Hall–Kier alpha value is -0.815. The molecule has 0 aliphatic carbocycles. The fourth-order valence-corrected chi connectivity index (χ4v) is 1.79. The van der Waals surface area contributed by atoms with Gasteiger partial charge >= 0.3 is 7.12 Å². The van der Waals surface area contributed by atoms with Crippen molar-refractivity contribution in [3.63, 3.8) is 0 Å². The van der Waals surface area contributed by atoms with Crippen molar-refractivity contribution in [2.45, 2.75) is 38.9 Å². The van der Waals surface area contributed by atoms with Crippen molar-refractivity contribution in [2.24, 2.45) is 5.73 Å². The second-order valence-electron chi connectivity index (χ2n) is 5.65. The Morgan fingerprint density at radius 3 is 2.40 bits per heavy atom. The van der Waals surface area contributed by atoms with Crippen molar-refractivity contribution in [1.82, 2.24) is 4.98 Å². The first-order valence-corrected chi connectivity index (χ1v) is 6.50. The summed E-state index contributed by atoms with van der Waals surface area (Å²) in [5, 5.41) is 0. The largest absolute Gasteiger partial charge is 0.495 e. The van der Waals surface area contributed by atoms with Crippen molar-refractivity contribution in [3.8, 4) is 5.88 Å². The molecular formula is C13H22BClN2O3. The van der Waals surface area contributed by atoms with Crippen LogP contribution >= 0.6 is 12.4 Å². The number of nitrogens with zero attached hydrogens (tertiary/aromatic N) is 1. The minimum atomic E-state index is -0.395. The highest BCUT2D eigenvalue weighted by Gasteiger charge is 2.51. The molecule has 7 heteroatoms. The molecule has 2 rings (SSSR count). The molecule has 1 saturated heterocycles. The van der Waals surface area contributed by atoms with E-state index in [1.807, 2.05) is 39.8 Å². The predicted octanol–water partition coefficient (Wildman–Crippen LogP) is 1.14. The van der Waals surface area contributed by atoms with Crippen molar-refractivity contribution in [2.75, 3.05) is 13.2 Å². The van der Waals surface area contributed by atoms with Gasteiger partial charge in [0.25, 0.3) is 0 Å². The third-order valence-corrected chi connectivity index (χ3v) is 3.65. The molecule has 0 bridgehead atoms. The van der Waals surface area contributed by atoms with E-state index in [1.165, 1.54) is 0 Å². The monoisotopic (exact) mass is 300 g/mol. The zero-order valence-electron chi connectivity index (χ0n) is 12.4. The Bertz CT molecular complexity index is 441. The van der Waals surface area contributed by atoms with E-state index in [1.54, 1.807) is 6.20 Å². The van der Waals surface area contributed by atoms with Crippen LogP contribution in [-0.2, 0) is 9.31 Å². The maximum atomic E-state index is 5.98. The van der Waals surface area contributed by atoms with E-state index in [-0.39, 0.29) is 23.6 Å². The predicted molar refractivity (Wildman–Crippen MR) is 81.8 cm³/mol. The lowest BCUT2D eigenvalue weighted by molar-refractivity contribution is 0.00578. The lowest BCUT2D eigenvalue weighted by atomic mass is 9.80. The first-order valence-electron chi connectivity index (χ1n) is 6.50. The fourth-order valence-electron chi connectivity index (χ4n) is 1.79. The van der Waals surface area contributed by atoms with Gasteiger partial charge in [0.15, 0.2) is 0 Å². The van der Waals surface area contributed by atoms with Crippen LogP contribution in [-0.4, -0.2) is 36.5 Å². The number of ether oxygens (including phenoxy) is 1. The highest BCUT2D eigenvalue weighted by molar-refractivity contribution is 6.62. The molecule has 2 heterocycles. The molecule has 1 aromatic heterocycles. The number of pyridine rings is 1. The van der Waals surface area contributed by atoms with Crippen LogP contribution in [0.4, 0.5) is 0 Å². The van der Waals surface area contributed by atoms with Gasteiger partial charge in [-0.2, -0.15) is 0 Å². The summed E-state index contributed by atoms with van der Waals surface area (Å²) < 4.78 is 17.4. The summed E-state index contributed by atoms with van der Waals surface area (Å²) >= 11 is 0. The minimum absolute atomic E-state index is 0. The smallest absolute Gasteiger partial charge is 0.476 e. The topological polar surface area (TPSA) is 66.6 Å². The molecule has 0 amide bonds. The lowest BCUT2D eigenvalue weighted by Crippen LogP contribution is -2.41. The van der Waals surface area contributed by atoms with E-state index < -0.39 is 7.12 Å². The quantitative estimate of drug-likeness (QED) is 0.845. The summed E-state index contributed by atoms with van der Waals surface area (Å²) in [5.41, 5.74) is 5.61. The van der Waals surface area contributed by atoms with E-state index in [9.17, 15) is 0 Å². The Kier molecular flexibility index (Phi) is 5.43. The molecule has 0 radical (unpaired) electrons. The van der Waals surface area contributed by atoms with Crippen molar-refractivity contribution in [3.05, 3.63) is 18.3 Å². The Labute approximate surface area is 126 Å². The number of rotatable bonds is 4. The van der Waals surface area contributed by atoms with E-state index >= 15 is 0 Å². The van der Waals surface area contributed by atoms with Gasteiger partial charge in [-0.3, -0.25) is 0 Å². The number of nitrogens with two attached hydrogens (primary N) is 1. The Morgan fingerprint density at radius 1 is 1.25 bits per heavy atom. The molecule has 0 aromatic carbocycles. The van der Waals surface area contributed by atoms with Crippen molar-refractivity contribution in [1.29, 1.82) is 0 Å². The van der Waals surface area contributed by atoms with Gasteiger partial charge in [0.2, 0.25) is 5.88 Å². The Balaban J connectivity index is 0.00000200. The van der Waals surface area contributed by atoms with Crippen molar-refractivity contribution >= 4 is 25.0 Å². The fraction of sp³-hybridized carbons (Fsp3) is 0.615. The third kappa shape index (κ3) is 3.44. The van der Waals surface area contributed by atoms with Crippen LogP contribution in [0, 0.1) is 0 Å². The van der Waals surface area contributed by atoms with Crippen LogP contribution in [0.1, 0.15) is 27.7 Å². The molecule has 1 aliphatic heterocycles. The van der Waals surface area contributed by atoms with Crippen LogP contribution in [0.2, 0.25) is 0 Å². The molecule has 0 spiro atoms. The van der Waals surface area contributed by atoms with Gasteiger partial charge < -0.3 is 19.8 Å². The van der Waals surface area contributed by atoms with Crippen LogP contribution in [0.25, 0.3) is 0 Å². The zero-order chi connectivity index (χ0) is 14.1. The van der Waals surface area contributed by atoms with Gasteiger partial charge in [-0.15, -0.1) is 12.4 Å². The summed E-state index contributed by atoms with van der Waals surface area (Å²) in [6.07, 6.45) is 1.69. The second-order valence-corrected chi connectivity index (χ2v) is 5.65. The van der Waals surface area contributed by atoms with Gasteiger partial charge in [-0.25, -0.2) is 4.98 Å². The second kappa shape index (κ2) is 6.31. The van der Waals surface area contributed by atoms with Gasteiger partial charge in [-0.1, -0.05) is 0 Å². The standard InChI is InChI=1S/C13H21BN2O3.ClH/c1-12(2)13(3,4)19-14(18-12)10-5-7-16-11(9-10)17-8-6-15;/h5,7,9H,6,8,15H2,1-4H3;1H. The first-order chi connectivity index (χ1) is 8.86. The first kappa shape index (κ1) is 17.2. The van der Waals surface area contributed by atoms with E-state index in [4.69, 9.17) is 19.8 Å². The SMILES string of the molecule is CC1(C)OB(c2ccnc(OCCN)c2)OC1(C)C.Cl. The summed E-state index contributed by atoms with van der Waals surface area (Å²) in [5.74, 6) is 0.540. The molecule has 1 fully saturated rings. The summed E-state index contributed by atoms with van der Waals surface area (Å²) in [6, 6.07) is 3.70. The van der Waals surface area contributed by atoms with Gasteiger partial charge in [0.05, 0.1) is 11.2 Å². The van der Waals surface area contributed by atoms with Crippen molar-refractivity contribution < 1.29 is 14.0 Å². The average Bonchev–Trinajstić information content (AvgIpc) is 2.56. The molecule has 0 saturated carbocycles. The number of halogens is 1. The number of hydrogen-bond acceptors (Lipinski definition) is 5. The van der Waals surface area contributed by atoms with E-state index in [0.29, 0.717) is 19.0 Å². The molecule has 112 valence electrons. The zero-order valence-corrected chi connectivity index (χ0v) is 13.2. The molecule has 0 unspecified atom stereocenters. The highest BCUT2D eigenvalue weighted by atomic mass is 35.5. The van der Waals surface area contributed by atoms with Gasteiger partial charge in [-0.05, 0) is 39.2 Å². The van der Waals surface area contributed by atoms with Gasteiger partial charge in [0, 0.05) is 18.8 Å². The van der Waals surface area contributed by atoms with Crippen LogP contribution < -0.4 is 15.9 Å². The molecule has 5 nitrogen and oxygen atoms in total. The molecule has 0 atom stereocenters. The molecule has 2 N–H and O–H groups in total. The highest BCUT2D eigenvalue weighted by Crippen LogP contribution is 2.36. The number of hydrogen-bond donors (Lipinski definition) is 1. The molecule has 1 aromatic rings. The van der Waals surface area contributed by atoms with Crippen LogP contribution in [0.5, 0.6) is 5.88 Å². The van der Waals surface area contributed by atoms with Crippen LogP contribution in [0.3, 0.4) is 0 Å².